The minimum absolute atomic E-state index is 0.0210. The molecule has 1 heterocycles. The van der Waals surface area contributed by atoms with Crippen LogP contribution in [0.15, 0.2) is 18.2 Å². The molecule has 0 saturated heterocycles. The summed E-state index contributed by atoms with van der Waals surface area (Å²) in [5.74, 6) is 0.725. The largest absolute Gasteiger partial charge is 0.478 e. The van der Waals surface area contributed by atoms with E-state index in [2.05, 4.69) is 31.0 Å². The predicted octanol–water partition coefficient (Wildman–Crippen LogP) is 2.59. The van der Waals surface area contributed by atoms with E-state index in [1.165, 1.54) is 0 Å². The van der Waals surface area contributed by atoms with Gasteiger partial charge in [0, 0.05) is 13.1 Å². The summed E-state index contributed by atoms with van der Waals surface area (Å²) in [7, 11) is 0. The van der Waals surface area contributed by atoms with Crippen LogP contribution in [0.3, 0.4) is 0 Å². The summed E-state index contributed by atoms with van der Waals surface area (Å²) in [6.45, 7) is 13.9. The molecule has 2 amide bonds. The van der Waals surface area contributed by atoms with E-state index in [9.17, 15) is 9.59 Å². The van der Waals surface area contributed by atoms with E-state index in [0.717, 1.165) is 25.2 Å². The standard InChI is InChI=1S/C21H33N3O3/c1-6-18-21(26)24(17-11-15(4)9-10-19(17)27-18)14-20(25)22-12-16(5)13-23(7-2)8-3/h9-11,16,18H,6-8,12-14H2,1-5H3,(H,22,25). The Hall–Kier alpha value is -2.08. The van der Waals surface area contributed by atoms with Gasteiger partial charge in [0.2, 0.25) is 5.91 Å². The van der Waals surface area contributed by atoms with E-state index in [1.54, 1.807) is 4.90 Å². The number of benzene rings is 1. The highest BCUT2D eigenvalue weighted by atomic mass is 16.5. The predicted molar refractivity (Wildman–Crippen MR) is 108 cm³/mol. The lowest BCUT2D eigenvalue weighted by molar-refractivity contribution is -0.129. The van der Waals surface area contributed by atoms with Crippen molar-refractivity contribution in [3.63, 3.8) is 0 Å². The highest BCUT2D eigenvalue weighted by molar-refractivity contribution is 6.03. The van der Waals surface area contributed by atoms with Crippen molar-refractivity contribution in [2.45, 2.75) is 47.1 Å². The first-order valence-corrected chi connectivity index (χ1v) is 9.97. The van der Waals surface area contributed by atoms with Crippen molar-refractivity contribution in [3.8, 4) is 5.75 Å². The fraction of sp³-hybridized carbons (Fsp3) is 0.619. The number of nitrogens with one attached hydrogen (secondary N) is 1. The molecule has 150 valence electrons. The zero-order chi connectivity index (χ0) is 20.0. The Balaban J connectivity index is 2.01. The highest BCUT2D eigenvalue weighted by Gasteiger charge is 2.34. The van der Waals surface area contributed by atoms with Gasteiger partial charge in [0.05, 0.1) is 5.69 Å². The van der Waals surface area contributed by atoms with Crippen LogP contribution in [-0.4, -0.2) is 55.5 Å². The van der Waals surface area contributed by atoms with E-state index in [-0.39, 0.29) is 18.4 Å². The summed E-state index contributed by atoms with van der Waals surface area (Å²) in [5, 5.41) is 2.98. The van der Waals surface area contributed by atoms with Gasteiger partial charge in [-0.2, -0.15) is 0 Å². The van der Waals surface area contributed by atoms with Crippen LogP contribution in [0.5, 0.6) is 5.75 Å². The molecule has 2 unspecified atom stereocenters. The molecule has 0 bridgehead atoms. The average molecular weight is 376 g/mol. The Bertz CT molecular complexity index is 658. The molecule has 0 fully saturated rings. The fourth-order valence-electron chi connectivity index (χ4n) is 3.33. The number of hydrogen-bond acceptors (Lipinski definition) is 4. The van der Waals surface area contributed by atoms with Crippen molar-refractivity contribution >= 4 is 17.5 Å². The molecule has 0 aromatic heterocycles. The molecule has 1 aromatic carbocycles. The Labute approximate surface area is 162 Å². The first-order valence-electron chi connectivity index (χ1n) is 9.97. The Morgan fingerprint density at radius 1 is 1.30 bits per heavy atom. The van der Waals surface area contributed by atoms with Crippen LogP contribution in [-0.2, 0) is 9.59 Å². The molecule has 2 atom stereocenters. The summed E-state index contributed by atoms with van der Waals surface area (Å²) in [6.07, 6.45) is 0.0418. The monoisotopic (exact) mass is 375 g/mol. The maximum Gasteiger partial charge on any atom is 0.268 e. The quantitative estimate of drug-likeness (QED) is 0.721. The van der Waals surface area contributed by atoms with Gasteiger partial charge in [-0.25, -0.2) is 0 Å². The summed E-state index contributed by atoms with van der Waals surface area (Å²) >= 11 is 0. The van der Waals surface area contributed by atoms with E-state index in [1.807, 2.05) is 32.0 Å². The molecule has 0 radical (unpaired) electrons. The third-order valence-electron chi connectivity index (χ3n) is 5.00. The number of nitrogens with zero attached hydrogens (tertiary/aromatic N) is 2. The fourth-order valence-corrected chi connectivity index (χ4v) is 3.33. The van der Waals surface area contributed by atoms with Gasteiger partial charge in [0.15, 0.2) is 6.10 Å². The number of ether oxygens (including phenoxy) is 1. The lowest BCUT2D eigenvalue weighted by Crippen LogP contribution is -2.50. The van der Waals surface area contributed by atoms with Gasteiger partial charge in [-0.3, -0.25) is 14.5 Å². The highest BCUT2D eigenvalue weighted by Crippen LogP contribution is 2.35. The molecule has 1 aromatic rings. The van der Waals surface area contributed by atoms with Crippen LogP contribution in [0.25, 0.3) is 0 Å². The molecule has 1 N–H and O–H groups in total. The van der Waals surface area contributed by atoms with Crippen LogP contribution >= 0.6 is 0 Å². The summed E-state index contributed by atoms with van der Waals surface area (Å²) in [5.41, 5.74) is 1.70. The Morgan fingerprint density at radius 3 is 2.63 bits per heavy atom. The first kappa shape index (κ1) is 21.2. The van der Waals surface area contributed by atoms with E-state index in [4.69, 9.17) is 4.74 Å². The number of anilines is 1. The molecule has 1 aliphatic heterocycles. The van der Waals surface area contributed by atoms with Gasteiger partial charge >= 0.3 is 0 Å². The van der Waals surface area contributed by atoms with Crippen LogP contribution in [0.1, 0.15) is 39.7 Å². The van der Waals surface area contributed by atoms with E-state index < -0.39 is 6.10 Å². The number of rotatable bonds is 9. The van der Waals surface area contributed by atoms with Gasteiger partial charge in [-0.15, -0.1) is 0 Å². The number of carbonyl (C=O) groups is 2. The molecule has 2 rings (SSSR count). The van der Waals surface area contributed by atoms with Crippen LogP contribution in [0.4, 0.5) is 5.69 Å². The number of amides is 2. The molecule has 0 saturated carbocycles. The summed E-state index contributed by atoms with van der Waals surface area (Å²) in [4.78, 5) is 29.2. The smallest absolute Gasteiger partial charge is 0.268 e. The second-order valence-electron chi connectivity index (χ2n) is 7.31. The van der Waals surface area contributed by atoms with Crippen molar-refractivity contribution < 1.29 is 14.3 Å². The van der Waals surface area contributed by atoms with E-state index in [0.29, 0.717) is 30.3 Å². The van der Waals surface area contributed by atoms with Gasteiger partial charge < -0.3 is 15.0 Å². The summed E-state index contributed by atoms with van der Waals surface area (Å²) < 4.78 is 5.80. The zero-order valence-electron chi connectivity index (χ0n) is 17.2. The minimum Gasteiger partial charge on any atom is -0.478 e. The lowest BCUT2D eigenvalue weighted by Gasteiger charge is -2.34. The Kier molecular flexibility index (Phi) is 7.66. The second kappa shape index (κ2) is 9.74. The molecule has 0 aliphatic carbocycles. The van der Waals surface area contributed by atoms with Crippen molar-refractivity contribution in [2.24, 2.45) is 5.92 Å². The zero-order valence-corrected chi connectivity index (χ0v) is 17.2. The molecular weight excluding hydrogens is 342 g/mol. The van der Waals surface area contributed by atoms with Crippen molar-refractivity contribution in [1.82, 2.24) is 10.2 Å². The molecular formula is C21H33N3O3. The van der Waals surface area contributed by atoms with Gasteiger partial charge in [0.25, 0.3) is 5.91 Å². The van der Waals surface area contributed by atoms with Gasteiger partial charge in [-0.1, -0.05) is 33.8 Å². The molecule has 6 nitrogen and oxygen atoms in total. The third kappa shape index (κ3) is 5.45. The number of hydrogen-bond donors (Lipinski definition) is 1. The SMILES string of the molecule is CCC1Oc2ccc(C)cc2N(CC(=O)NCC(C)CN(CC)CC)C1=O. The lowest BCUT2D eigenvalue weighted by atomic mass is 10.1. The maximum absolute atomic E-state index is 12.7. The van der Waals surface area contributed by atoms with Gasteiger partial charge in [-0.05, 0) is 50.0 Å². The van der Waals surface area contributed by atoms with Crippen LogP contribution < -0.4 is 15.0 Å². The first-order chi connectivity index (χ1) is 12.9. The molecule has 6 heteroatoms. The van der Waals surface area contributed by atoms with Gasteiger partial charge in [0.1, 0.15) is 12.3 Å². The number of aryl methyl sites for hydroxylation is 1. The average Bonchev–Trinajstić information content (AvgIpc) is 2.66. The van der Waals surface area contributed by atoms with Crippen LogP contribution in [0, 0.1) is 12.8 Å². The number of fused-ring (bicyclic) bond motifs is 1. The van der Waals surface area contributed by atoms with Crippen molar-refractivity contribution in [2.75, 3.05) is 37.6 Å². The maximum atomic E-state index is 12.7. The second-order valence-corrected chi connectivity index (χ2v) is 7.31. The van der Waals surface area contributed by atoms with Crippen molar-refractivity contribution in [3.05, 3.63) is 23.8 Å². The molecule has 0 spiro atoms. The topological polar surface area (TPSA) is 61.9 Å². The normalized spacial score (nSPS) is 17.5. The van der Waals surface area contributed by atoms with E-state index >= 15 is 0 Å². The molecule has 1 aliphatic rings. The Morgan fingerprint density at radius 2 is 2.00 bits per heavy atom. The third-order valence-corrected chi connectivity index (χ3v) is 5.00. The van der Waals surface area contributed by atoms with Crippen LogP contribution in [0.2, 0.25) is 0 Å². The number of carbonyl (C=O) groups excluding carboxylic acids is 2. The summed E-state index contributed by atoms with van der Waals surface area (Å²) in [6, 6.07) is 5.72. The molecule has 27 heavy (non-hydrogen) atoms. The minimum atomic E-state index is -0.533. The van der Waals surface area contributed by atoms with Crippen molar-refractivity contribution in [1.29, 1.82) is 0 Å².